The summed E-state index contributed by atoms with van der Waals surface area (Å²) in [5, 5.41) is 3.01. The summed E-state index contributed by atoms with van der Waals surface area (Å²) in [7, 11) is 2.12. The smallest absolute Gasteiger partial charge is 0.317 e. The van der Waals surface area contributed by atoms with Gasteiger partial charge >= 0.3 is 6.03 Å². The summed E-state index contributed by atoms with van der Waals surface area (Å²) in [4.78, 5) is 16.6. The zero-order chi connectivity index (χ0) is 17.6. The second-order valence-corrected chi connectivity index (χ2v) is 6.89. The lowest BCUT2D eigenvalue weighted by molar-refractivity contribution is -0.0881. The minimum atomic E-state index is 0.0216. The second kappa shape index (κ2) is 8.54. The zero-order valence-electron chi connectivity index (χ0n) is 15.2. The number of para-hydroxylation sites is 1. The van der Waals surface area contributed by atoms with E-state index in [2.05, 4.69) is 17.3 Å². The number of hydrogen-bond donors (Lipinski definition) is 1. The average molecular weight is 347 g/mol. The number of piperidine rings is 1. The largest absolute Gasteiger partial charge is 0.493 e. The van der Waals surface area contributed by atoms with Crippen LogP contribution in [0.1, 0.15) is 18.4 Å². The maximum Gasteiger partial charge on any atom is 0.317 e. The highest BCUT2D eigenvalue weighted by atomic mass is 16.5. The molecule has 2 aliphatic rings. The van der Waals surface area contributed by atoms with Gasteiger partial charge in [0.15, 0.2) is 0 Å². The molecule has 0 unspecified atom stereocenters. The first-order valence-electron chi connectivity index (χ1n) is 9.18. The van der Waals surface area contributed by atoms with Gasteiger partial charge in [-0.1, -0.05) is 18.2 Å². The summed E-state index contributed by atoms with van der Waals surface area (Å²) in [5.41, 5.74) is 1.13. The van der Waals surface area contributed by atoms with Crippen LogP contribution < -0.4 is 10.1 Å². The van der Waals surface area contributed by atoms with Crippen molar-refractivity contribution in [3.05, 3.63) is 29.8 Å². The van der Waals surface area contributed by atoms with Crippen LogP contribution >= 0.6 is 0 Å². The molecule has 2 aliphatic heterocycles. The van der Waals surface area contributed by atoms with Gasteiger partial charge in [-0.05, 0) is 38.4 Å². The van der Waals surface area contributed by atoms with Crippen molar-refractivity contribution in [1.29, 1.82) is 0 Å². The molecule has 1 N–H and O–H groups in total. The molecule has 6 nitrogen and oxygen atoms in total. The van der Waals surface area contributed by atoms with E-state index >= 15 is 0 Å². The molecule has 0 aliphatic carbocycles. The summed E-state index contributed by atoms with van der Waals surface area (Å²) >= 11 is 0. The van der Waals surface area contributed by atoms with E-state index in [1.54, 1.807) is 0 Å². The van der Waals surface area contributed by atoms with E-state index in [1.807, 2.05) is 36.1 Å². The summed E-state index contributed by atoms with van der Waals surface area (Å²) in [6, 6.07) is 8.32. The Hall–Kier alpha value is -1.79. The Morgan fingerprint density at radius 3 is 3.04 bits per heavy atom. The standard InChI is InChI=1S/C19H29N3O3/c1-15-6-3-4-7-17(15)24-12-5-9-20-19(23)22-10-8-18-16(14-22)21(2)11-13-25-18/h3-4,6-7,16,18H,5,8-14H2,1-2H3,(H,20,23)/t16-,18+/m0/s1. The normalized spacial score (nSPS) is 23.8. The van der Waals surface area contributed by atoms with Crippen LogP contribution in [-0.4, -0.2) is 74.4 Å². The third-order valence-corrected chi connectivity index (χ3v) is 5.10. The number of fused-ring (bicyclic) bond motifs is 1. The van der Waals surface area contributed by atoms with Crippen LogP contribution in [-0.2, 0) is 4.74 Å². The van der Waals surface area contributed by atoms with E-state index in [1.165, 1.54) is 0 Å². The van der Waals surface area contributed by atoms with Crippen molar-refractivity contribution in [2.24, 2.45) is 0 Å². The molecule has 2 saturated heterocycles. The molecule has 2 amide bonds. The van der Waals surface area contributed by atoms with Gasteiger partial charge < -0.3 is 19.7 Å². The monoisotopic (exact) mass is 347 g/mol. The maximum atomic E-state index is 12.4. The molecule has 2 heterocycles. The SMILES string of the molecule is Cc1ccccc1OCCCNC(=O)N1CC[C@H]2OCCN(C)[C@H]2C1. The highest BCUT2D eigenvalue weighted by Gasteiger charge is 2.36. The predicted molar refractivity (Wildman–Crippen MR) is 97.0 cm³/mol. The fourth-order valence-corrected chi connectivity index (χ4v) is 3.51. The number of hydrogen-bond acceptors (Lipinski definition) is 4. The van der Waals surface area contributed by atoms with E-state index in [-0.39, 0.29) is 12.1 Å². The van der Waals surface area contributed by atoms with Crippen LogP contribution in [0, 0.1) is 6.92 Å². The lowest BCUT2D eigenvalue weighted by Crippen LogP contribution is -2.60. The summed E-state index contributed by atoms with van der Waals surface area (Å²) in [5.74, 6) is 0.913. The molecule has 25 heavy (non-hydrogen) atoms. The molecule has 2 atom stereocenters. The fourth-order valence-electron chi connectivity index (χ4n) is 3.51. The third kappa shape index (κ3) is 4.64. The van der Waals surface area contributed by atoms with Gasteiger partial charge in [0.25, 0.3) is 0 Å². The molecular weight excluding hydrogens is 318 g/mol. The molecule has 138 valence electrons. The van der Waals surface area contributed by atoms with Crippen molar-refractivity contribution >= 4 is 6.03 Å². The first-order valence-corrected chi connectivity index (χ1v) is 9.18. The number of carbonyl (C=O) groups excluding carboxylic acids is 1. The van der Waals surface area contributed by atoms with Gasteiger partial charge in [-0.25, -0.2) is 4.79 Å². The topological polar surface area (TPSA) is 54.0 Å². The molecule has 0 saturated carbocycles. The molecule has 0 radical (unpaired) electrons. The van der Waals surface area contributed by atoms with Gasteiger partial charge in [-0.2, -0.15) is 0 Å². The lowest BCUT2D eigenvalue weighted by Gasteiger charge is -2.45. The van der Waals surface area contributed by atoms with Crippen LogP contribution in [0.25, 0.3) is 0 Å². The Bertz CT molecular complexity index is 581. The van der Waals surface area contributed by atoms with Gasteiger partial charge in [-0.3, -0.25) is 4.90 Å². The van der Waals surface area contributed by atoms with E-state index in [0.717, 1.165) is 50.4 Å². The summed E-state index contributed by atoms with van der Waals surface area (Å²) < 4.78 is 11.6. The summed E-state index contributed by atoms with van der Waals surface area (Å²) in [6.45, 7) is 6.51. The zero-order valence-corrected chi connectivity index (χ0v) is 15.2. The number of likely N-dealkylation sites (tertiary alicyclic amines) is 1. The Balaban J connectivity index is 1.36. The van der Waals surface area contributed by atoms with Gasteiger partial charge in [0.05, 0.1) is 25.4 Å². The number of nitrogens with one attached hydrogen (secondary N) is 1. The van der Waals surface area contributed by atoms with Crippen molar-refractivity contribution in [3.8, 4) is 5.75 Å². The number of nitrogens with zero attached hydrogens (tertiary/aromatic N) is 2. The fraction of sp³-hybridized carbons (Fsp3) is 0.632. The number of carbonyl (C=O) groups is 1. The molecular formula is C19H29N3O3. The Labute approximate surface area is 150 Å². The second-order valence-electron chi connectivity index (χ2n) is 6.89. The van der Waals surface area contributed by atoms with Gasteiger partial charge in [0.2, 0.25) is 0 Å². The number of morpholine rings is 1. The summed E-state index contributed by atoms with van der Waals surface area (Å²) in [6.07, 6.45) is 1.98. The van der Waals surface area contributed by atoms with Crippen LogP contribution in [0.2, 0.25) is 0 Å². The predicted octanol–water partition coefficient (Wildman–Crippen LogP) is 1.88. The van der Waals surface area contributed by atoms with E-state index in [0.29, 0.717) is 19.2 Å². The van der Waals surface area contributed by atoms with Gasteiger partial charge in [0, 0.05) is 26.2 Å². The van der Waals surface area contributed by atoms with Crippen LogP contribution in [0.4, 0.5) is 4.79 Å². The number of rotatable bonds is 5. The van der Waals surface area contributed by atoms with E-state index < -0.39 is 0 Å². The minimum Gasteiger partial charge on any atom is -0.493 e. The van der Waals surface area contributed by atoms with Crippen molar-refractivity contribution in [3.63, 3.8) is 0 Å². The third-order valence-electron chi connectivity index (χ3n) is 5.10. The van der Waals surface area contributed by atoms with E-state index in [4.69, 9.17) is 9.47 Å². The number of benzene rings is 1. The van der Waals surface area contributed by atoms with Crippen LogP contribution in [0.5, 0.6) is 5.75 Å². The Morgan fingerprint density at radius 1 is 1.36 bits per heavy atom. The molecule has 6 heteroatoms. The average Bonchev–Trinajstić information content (AvgIpc) is 2.63. The first kappa shape index (κ1) is 18.0. The molecule has 0 aromatic heterocycles. The Kier molecular flexibility index (Phi) is 6.15. The Morgan fingerprint density at radius 2 is 2.20 bits per heavy atom. The molecule has 1 aromatic carbocycles. The highest BCUT2D eigenvalue weighted by molar-refractivity contribution is 5.74. The number of likely N-dealkylation sites (N-methyl/N-ethyl adjacent to an activating group) is 1. The van der Waals surface area contributed by atoms with Crippen LogP contribution in [0.3, 0.4) is 0 Å². The minimum absolute atomic E-state index is 0.0216. The molecule has 0 bridgehead atoms. The quantitative estimate of drug-likeness (QED) is 0.827. The van der Waals surface area contributed by atoms with Crippen molar-refractivity contribution in [2.75, 3.05) is 46.4 Å². The number of aryl methyl sites for hydroxylation is 1. The van der Waals surface area contributed by atoms with Crippen molar-refractivity contribution in [2.45, 2.75) is 31.9 Å². The van der Waals surface area contributed by atoms with Crippen molar-refractivity contribution in [1.82, 2.24) is 15.1 Å². The van der Waals surface area contributed by atoms with Crippen LogP contribution in [0.15, 0.2) is 24.3 Å². The first-order chi connectivity index (χ1) is 12.1. The molecule has 2 fully saturated rings. The maximum absolute atomic E-state index is 12.4. The van der Waals surface area contributed by atoms with Gasteiger partial charge in [-0.15, -0.1) is 0 Å². The number of urea groups is 1. The van der Waals surface area contributed by atoms with E-state index in [9.17, 15) is 4.79 Å². The molecule has 0 spiro atoms. The molecule has 3 rings (SSSR count). The number of amides is 2. The van der Waals surface area contributed by atoms with Gasteiger partial charge in [0.1, 0.15) is 5.75 Å². The molecule has 1 aromatic rings. The number of ether oxygens (including phenoxy) is 2. The highest BCUT2D eigenvalue weighted by Crippen LogP contribution is 2.22. The lowest BCUT2D eigenvalue weighted by atomic mass is 9.99. The van der Waals surface area contributed by atoms with Crippen molar-refractivity contribution < 1.29 is 14.3 Å².